The molecule has 1 N–H and O–H groups in total. The highest BCUT2D eigenvalue weighted by molar-refractivity contribution is 5.99. The van der Waals surface area contributed by atoms with Crippen molar-refractivity contribution in [1.29, 1.82) is 0 Å². The zero-order chi connectivity index (χ0) is 21.8. The van der Waals surface area contributed by atoms with E-state index < -0.39 is 4.92 Å². The molecule has 2 atom stereocenters. The summed E-state index contributed by atoms with van der Waals surface area (Å²) in [6.45, 7) is 4.81. The summed E-state index contributed by atoms with van der Waals surface area (Å²) >= 11 is 0. The maximum Gasteiger partial charge on any atom is 0.282 e. The van der Waals surface area contributed by atoms with Crippen molar-refractivity contribution in [2.75, 3.05) is 31.6 Å². The Hall–Kier alpha value is -2.93. The second-order valence-corrected chi connectivity index (χ2v) is 8.47. The highest BCUT2D eigenvalue weighted by Gasteiger charge is 2.29. The lowest BCUT2D eigenvalue weighted by atomic mass is 9.89. The van der Waals surface area contributed by atoms with Crippen LogP contribution in [0.15, 0.2) is 42.5 Å². The third-order valence-electron chi connectivity index (χ3n) is 6.24. The quantitative estimate of drug-likeness (QED) is 0.537. The minimum Gasteiger partial charge on any atom is -0.385 e. The van der Waals surface area contributed by atoms with Gasteiger partial charge in [0.15, 0.2) is 0 Å². The Labute approximate surface area is 182 Å². The van der Waals surface area contributed by atoms with Crippen LogP contribution in [0.2, 0.25) is 0 Å². The van der Waals surface area contributed by atoms with Gasteiger partial charge < -0.3 is 15.0 Å². The molecule has 1 amide bonds. The number of carbonyl (C=O) groups is 1. The van der Waals surface area contributed by atoms with Gasteiger partial charge in [-0.3, -0.25) is 14.9 Å². The Morgan fingerprint density at radius 3 is 2.61 bits per heavy atom. The number of hydrogen-bond acceptors (Lipinski definition) is 5. The summed E-state index contributed by atoms with van der Waals surface area (Å²) in [6, 6.07) is 13.2. The van der Waals surface area contributed by atoms with Crippen LogP contribution in [0.5, 0.6) is 0 Å². The molecule has 31 heavy (non-hydrogen) atoms. The van der Waals surface area contributed by atoms with Gasteiger partial charge in [0, 0.05) is 43.9 Å². The second kappa shape index (κ2) is 9.47. The van der Waals surface area contributed by atoms with Crippen LogP contribution in [-0.4, -0.2) is 42.0 Å². The Kier molecular flexibility index (Phi) is 6.51. The van der Waals surface area contributed by atoms with Crippen molar-refractivity contribution in [2.45, 2.75) is 38.7 Å². The van der Waals surface area contributed by atoms with Crippen LogP contribution < -0.4 is 5.32 Å². The van der Waals surface area contributed by atoms with Gasteiger partial charge in [-0.1, -0.05) is 29.8 Å². The van der Waals surface area contributed by atoms with Crippen molar-refractivity contribution in [3.63, 3.8) is 0 Å². The molecule has 2 heterocycles. The number of nitro groups is 1. The van der Waals surface area contributed by atoms with Gasteiger partial charge in [-0.2, -0.15) is 0 Å². The maximum absolute atomic E-state index is 12.9. The lowest BCUT2D eigenvalue weighted by Gasteiger charge is -2.32. The Morgan fingerprint density at radius 2 is 1.90 bits per heavy atom. The average molecular weight is 424 g/mol. The number of hydrogen-bond donors (Lipinski definition) is 1. The topological polar surface area (TPSA) is 84.7 Å². The van der Waals surface area contributed by atoms with Gasteiger partial charge in [-0.25, -0.2) is 0 Å². The molecule has 164 valence electrons. The first-order valence-corrected chi connectivity index (χ1v) is 11.0. The number of nitrogens with one attached hydrogen (secondary N) is 1. The Balaban J connectivity index is 1.50. The molecule has 2 aromatic carbocycles. The Morgan fingerprint density at radius 1 is 1.16 bits per heavy atom. The number of anilines is 1. The van der Waals surface area contributed by atoms with Gasteiger partial charge in [0.1, 0.15) is 5.56 Å². The fourth-order valence-electron chi connectivity index (χ4n) is 4.49. The smallest absolute Gasteiger partial charge is 0.282 e. The molecule has 2 aliphatic heterocycles. The van der Waals surface area contributed by atoms with E-state index in [4.69, 9.17) is 4.74 Å². The highest BCUT2D eigenvalue weighted by atomic mass is 16.6. The molecule has 0 saturated carbocycles. The molecule has 7 nitrogen and oxygen atoms in total. The molecular formula is C24H29N3O4. The molecule has 2 aliphatic rings. The summed E-state index contributed by atoms with van der Waals surface area (Å²) in [4.78, 5) is 25.6. The number of ether oxygens (including phenoxy) is 1. The molecule has 0 bridgehead atoms. The minimum absolute atomic E-state index is 0.0191. The van der Waals surface area contributed by atoms with Crippen LogP contribution in [-0.2, 0) is 4.74 Å². The van der Waals surface area contributed by atoms with Gasteiger partial charge in [0.2, 0.25) is 0 Å². The van der Waals surface area contributed by atoms with Crippen LogP contribution in [0.4, 0.5) is 11.4 Å². The summed E-state index contributed by atoms with van der Waals surface area (Å²) in [5, 5.41) is 14.9. The van der Waals surface area contributed by atoms with E-state index in [2.05, 4.69) is 36.5 Å². The fraction of sp³-hybridized carbons (Fsp3) is 0.458. The highest BCUT2D eigenvalue weighted by Crippen LogP contribution is 2.34. The van der Waals surface area contributed by atoms with E-state index in [0.717, 1.165) is 38.0 Å². The molecule has 4 rings (SSSR count). The summed E-state index contributed by atoms with van der Waals surface area (Å²) in [6.07, 6.45) is 3.95. The van der Waals surface area contributed by atoms with E-state index in [0.29, 0.717) is 19.6 Å². The van der Waals surface area contributed by atoms with E-state index >= 15 is 0 Å². The van der Waals surface area contributed by atoms with E-state index in [-0.39, 0.29) is 29.2 Å². The van der Waals surface area contributed by atoms with Crippen LogP contribution in [0.25, 0.3) is 0 Å². The van der Waals surface area contributed by atoms with Crippen molar-refractivity contribution in [3.05, 3.63) is 69.3 Å². The van der Waals surface area contributed by atoms with Gasteiger partial charge >= 0.3 is 0 Å². The van der Waals surface area contributed by atoms with Crippen molar-refractivity contribution < 1.29 is 14.5 Å². The van der Waals surface area contributed by atoms with Crippen LogP contribution in [0.3, 0.4) is 0 Å². The zero-order valence-corrected chi connectivity index (χ0v) is 17.9. The first kappa shape index (κ1) is 21.3. The van der Waals surface area contributed by atoms with Crippen LogP contribution >= 0.6 is 0 Å². The molecule has 2 fully saturated rings. The number of nitrogens with zero attached hydrogens (tertiary/aromatic N) is 2. The second-order valence-electron chi connectivity index (χ2n) is 8.47. The van der Waals surface area contributed by atoms with E-state index in [1.165, 1.54) is 17.2 Å². The van der Waals surface area contributed by atoms with E-state index in [1.54, 1.807) is 17.0 Å². The van der Waals surface area contributed by atoms with Gasteiger partial charge in [-0.05, 0) is 50.3 Å². The molecule has 0 radical (unpaired) electrons. The largest absolute Gasteiger partial charge is 0.385 e. The number of aryl methyl sites for hydroxylation is 1. The normalized spacial score (nSPS) is 21.1. The van der Waals surface area contributed by atoms with Crippen LogP contribution in [0, 0.1) is 23.0 Å². The standard InChI is InChI=1S/C24H29N3O4/c1-17-6-8-18(9-7-17)23-19(5-4-14-31-23)16-25-20-10-11-22(27(29)30)21(15-20)24(28)26-12-2-3-13-26/h6-11,15,19,23,25H,2-5,12-14,16H2,1H3. The molecule has 2 aromatic rings. The maximum atomic E-state index is 12.9. The summed E-state index contributed by atoms with van der Waals surface area (Å²) in [7, 11) is 0. The number of likely N-dealkylation sites (tertiary alicyclic amines) is 1. The first-order valence-electron chi connectivity index (χ1n) is 11.0. The molecular weight excluding hydrogens is 394 g/mol. The summed E-state index contributed by atoms with van der Waals surface area (Å²) < 4.78 is 6.09. The van der Waals surface area contributed by atoms with E-state index in [9.17, 15) is 14.9 Å². The van der Waals surface area contributed by atoms with Gasteiger partial charge in [0.25, 0.3) is 11.6 Å². The average Bonchev–Trinajstić information content (AvgIpc) is 3.33. The SMILES string of the molecule is Cc1ccc(C2OCCCC2CNc2ccc([N+](=O)[O-])c(C(=O)N3CCCC3)c2)cc1. The third kappa shape index (κ3) is 4.88. The van der Waals surface area contributed by atoms with E-state index in [1.807, 2.05) is 0 Å². The number of rotatable bonds is 6. The number of benzene rings is 2. The molecule has 7 heteroatoms. The predicted molar refractivity (Wildman–Crippen MR) is 119 cm³/mol. The molecule has 2 unspecified atom stereocenters. The minimum atomic E-state index is -0.477. The fourth-order valence-corrected chi connectivity index (χ4v) is 4.49. The Bertz CT molecular complexity index is 938. The summed E-state index contributed by atoms with van der Waals surface area (Å²) in [5.41, 5.74) is 3.13. The third-order valence-corrected chi connectivity index (χ3v) is 6.24. The van der Waals surface area contributed by atoms with Crippen LogP contribution in [0.1, 0.15) is 53.3 Å². The van der Waals surface area contributed by atoms with Gasteiger partial charge in [-0.15, -0.1) is 0 Å². The molecule has 2 saturated heterocycles. The molecule has 0 aromatic heterocycles. The van der Waals surface area contributed by atoms with Crippen molar-refractivity contribution in [1.82, 2.24) is 4.90 Å². The zero-order valence-electron chi connectivity index (χ0n) is 17.9. The monoisotopic (exact) mass is 423 g/mol. The predicted octanol–water partition coefficient (Wildman–Crippen LogP) is 4.72. The lowest BCUT2D eigenvalue weighted by Crippen LogP contribution is -2.29. The number of amides is 1. The van der Waals surface area contributed by atoms with Crippen molar-refractivity contribution >= 4 is 17.3 Å². The first-order chi connectivity index (χ1) is 15.0. The van der Waals surface area contributed by atoms with Crippen molar-refractivity contribution in [2.24, 2.45) is 5.92 Å². The number of carbonyl (C=O) groups excluding carboxylic acids is 1. The number of nitro benzene ring substituents is 1. The summed E-state index contributed by atoms with van der Waals surface area (Å²) in [5.74, 6) is 0.0239. The molecule has 0 spiro atoms. The molecule has 0 aliphatic carbocycles. The van der Waals surface area contributed by atoms with Gasteiger partial charge in [0.05, 0.1) is 11.0 Å². The lowest BCUT2D eigenvalue weighted by molar-refractivity contribution is -0.385. The van der Waals surface area contributed by atoms with Crippen molar-refractivity contribution in [3.8, 4) is 0 Å².